The van der Waals surface area contributed by atoms with Gasteiger partial charge in [0, 0.05) is 10.9 Å². The van der Waals surface area contributed by atoms with Crippen molar-refractivity contribution in [2.24, 2.45) is 5.92 Å². The van der Waals surface area contributed by atoms with Crippen LogP contribution in [0.15, 0.2) is 30.3 Å². The molecule has 0 bridgehead atoms. The van der Waals surface area contributed by atoms with Crippen molar-refractivity contribution in [2.75, 3.05) is 6.67 Å². The van der Waals surface area contributed by atoms with E-state index < -0.39 is 67.2 Å². The maximum Gasteiger partial charge on any atom is 0.323 e. The van der Waals surface area contributed by atoms with Crippen molar-refractivity contribution in [1.82, 2.24) is 15.2 Å². The number of rotatable bonds is 11. The number of fused-ring (bicyclic) bond motifs is 1. The lowest BCUT2D eigenvalue weighted by molar-refractivity contribution is -0.140. The Hall–Kier alpha value is -3.76. The van der Waals surface area contributed by atoms with Gasteiger partial charge in [0.2, 0.25) is 5.91 Å². The Morgan fingerprint density at radius 3 is 2.25 bits per heavy atom. The summed E-state index contributed by atoms with van der Waals surface area (Å²) in [6.45, 7) is 1.29. The largest absolute Gasteiger partial charge is 0.481 e. The minimum Gasteiger partial charge on any atom is -0.481 e. The second-order valence-corrected chi connectivity index (χ2v) is 7.52. The number of carboxylic acids is 2. The number of ketones is 1. The first-order chi connectivity index (χ1) is 15.0. The van der Waals surface area contributed by atoms with Gasteiger partial charge in [-0.1, -0.05) is 32.0 Å². The number of nitrogens with one attached hydrogen (secondary N) is 2. The number of carbonyl (C=O) groups is 5. The van der Waals surface area contributed by atoms with Crippen molar-refractivity contribution in [2.45, 2.75) is 38.9 Å². The SMILES string of the molecule is CC(C)[C@H](NC(=O)c1cc2ccccc2n1CC(=O)O)C(=O)NC(CC(=O)O)C(=O)CF. The number of halogens is 1. The van der Waals surface area contributed by atoms with Gasteiger partial charge in [-0.3, -0.25) is 24.0 Å². The molecule has 0 saturated heterocycles. The summed E-state index contributed by atoms with van der Waals surface area (Å²) in [4.78, 5) is 59.6. The number of Topliss-reactive ketones (excluding diaryl/α,β-unsaturated/α-hetero) is 1. The van der Waals surface area contributed by atoms with E-state index in [-0.39, 0.29) is 5.69 Å². The zero-order valence-corrected chi connectivity index (χ0v) is 17.5. The molecule has 2 atom stereocenters. The molecule has 0 aliphatic carbocycles. The monoisotopic (exact) mass is 449 g/mol. The molecule has 0 aliphatic heterocycles. The van der Waals surface area contributed by atoms with Crippen LogP contribution in [0.1, 0.15) is 30.8 Å². The molecular formula is C21H24FN3O7. The maximum absolute atomic E-state index is 13.0. The smallest absolute Gasteiger partial charge is 0.323 e. The van der Waals surface area contributed by atoms with Gasteiger partial charge in [-0.2, -0.15) is 0 Å². The third kappa shape index (κ3) is 5.90. The van der Waals surface area contributed by atoms with Crippen LogP contribution in [-0.4, -0.2) is 63.1 Å². The highest BCUT2D eigenvalue weighted by Crippen LogP contribution is 2.20. The fourth-order valence-corrected chi connectivity index (χ4v) is 3.23. The van der Waals surface area contributed by atoms with Gasteiger partial charge in [0.05, 0.1) is 6.42 Å². The second kappa shape index (κ2) is 10.5. The molecule has 2 aromatic rings. The third-order valence-corrected chi connectivity index (χ3v) is 4.79. The molecule has 32 heavy (non-hydrogen) atoms. The van der Waals surface area contributed by atoms with Gasteiger partial charge >= 0.3 is 11.9 Å². The van der Waals surface area contributed by atoms with Crippen LogP contribution in [0, 0.1) is 5.92 Å². The summed E-state index contributed by atoms with van der Waals surface area (Å²) in [5, 5.41) is 23.5. The van der Waals surface area contributed by atoms with Crippen molar-refractivity contribution in [3.8, 4) is 0 Å². The second-order valence-electron chi connectivity index (χ2n) is 7.52. The molecule has 172 valence electrons. The van der Waals surface area contributed by atoms with Crippen molar-refractivity contribution in [3.63, 3.8) is 0 Å². The fraction of sp³-hybridized carbons (Fsp3) is 0.381. The van der Waals surface area contributed by atoms with Crippen molar-refractivity contribution in [3.05, 3.63) is 36.0 Å². The van der Waals surface area contributed by atoms with Gasteiger partial charge in [-0.05, 0) is 18.1 Å². The molecule has 0 saturated carbocycles. The van der Waals surface area contributed by atoms with Crippen LogP contribution in [0.4, 0.5) is 4.39 Å². The summed E-state index contributed by atoms with van der Waals surface area (Å²) in [7, 11) is 0. The van der Waals surface area contributed by atoms with Crippen LogP contribution in [0.5, 0.6) is 0 Å². The number of amides is 2. The average molecular weight is 449 g/mol. The van der Waals surface area contributed by atoms with Gasteiger partial charge in [-0.25, -0.2) is 4.39 Å². The molecule has 11 heteroatoms. The molecule has 1 aromatic heterocycles. The molecule has 10 nitrogen and oxygen atoms in total. The lowest BCUT2D eigenvalue weighted by Gasteiger charge is -2.24. The average Bonchev–Trinajstić information content (AvgIpc) is 3.08. The standard InChI is InChI=1S/C21H24FN3O7/c1-11(2)19(21(32)23-13(8-17(27)28)16(26)9-22)24-20(31)15-7-12-5-3-4-6-14(12)25(15)10-18(29)30/h3-7,11,13,19H,8-10H2,1-2H3,(H,23,32)(H,24,31)(H,27,28)(H,29,30)/t13?,19-/m0/s1. The van der Waals surface area contributed by atoms with E-state index in [1.165, 1.54) is 10.6 Å². The molecule has 0 fully saturated rings. The van der Waals surface area contributed by atoms with Gasteiger partial charge in [0.1, 0.15) is 31.0 Å². The third-order valence-electron chi connectivity index (χ3n) is 4.79. The van der Waals surface area contributed by atoms with Crippen LogP contribution >= 0.6 is 0 Å². The van der Waals surface area contributed by atoms with Gasteiger partial charge in [0.25, 0.3) is 5.91 Å². The first-order valence-corrected chi connectivity index (χ1v) is 9.76. The van der Waals surface area contributed by atoms with E-state index in [4.69, 9.17) is 5.11 Å². The molecule has 0 aliphatic rings. The molecule has 1 unspecified atom stereocenters. The highest BCUT2D eigenvalue weighted by atomic mass is 19.1. The normalized spacial score (nSPS) is 12.9. The fourth-order valence-electron chi connectivity index (χ4n) is 3.23. The van der Waals surface area contributed by atoms with Crippen molar-refractivity contribution >= 4 is 40.4 Å². The van der Waals surface area contributed by atoms with E-state index >= 15 is 0 Å². The molecule has 1 aromatic carbocycles. The number of aromatic nitrogens is 1. The lowest BCUT2D eigenvalue weighted by Crippen LogP contribution is -2.54. The zero-order valence-electron chi connectivity index (χ0n) is 17.5. The van der Waals surface area contributed by atoms with Crippen molar-refractivity contribution in [1.29, 1.82) is 0 Å². The molecule has 2 amide bonds. The number of nitrogens with zero attached hydrogens (tertiary/aromatic N) is 1. The number of aliphatic carboxylic acids is 2. The highest BCUT2D eigenvalue weighted by Gasteiger charge is 2.31. The van der Waals surface area contributed by atoms with E-state index in [1.807, 2.05) is 0 Å². The van der Waals surface area contributed by atoms with Crippen LogP contribution in [0.25, 0.3) is 10.9 Å². The highest BCUT2D eigenvalue weighted by molar-refractivity contribution is 6.02. The first kappa shape index (κ1) is 24.5. The van der Waals surface area contributed by atoms with Crippen LogP contribution in [0.2, 0.25) is 0 Å². The predicted molar refractivity (Wildman–Crippen MR) is 111 cm³/mol. The summed E-state index contributed by atoms with van der Waals surface area (Å²) in [5.74, 6) is -5.75. The van der Waals surface area contributed by atoms with Crippen LogP contribution in [0.3, 0.4) is 0 Å². The molecule has 4 N–H and O–H groups in total. The topological polar surface area (TPSA) is 155 Å². The summed E-state index contributed by atoms with van der Waals surface area (Å²) in [6.07, 6.45) is -0.805. The predicted octanol–water partition coefficient (Wildman–Crippen LogP) is 0.978. The number of carboxylic acid groups (broad SMARTS) is 2. The van der Waals surface area contributed by atoms with Crippen LogP contribution in [-0.2, 0) is 25.7 Å². The lowest BCUT2D eigenvalue weighted by atomic mass is 10.0. The molecular weight excluding hydrogens is 425 g/mol. The summed E-state index contributed by atoms with van der Waals surface area (Å²) >= 11 is 0. The Kier molecular flexibility index (Phi) is 8.05. The zero-order chi connectivity index (χ0) is 24.0. The van der Waals surface area contributed by atoms with E-state index in [0.29, 0.717) is 10.9 Å². The molecule has 2 rings (SSSR count). The number of benzene rings is 1. The van der Waals surface area contributed by atoms with Crippen LogP contribution < -0.4 is 10.6 Å². The van der Waals surface area contributed by atoms with E-state index in [1.54, 1.807) is 38.1 Å². The van der Waals surface area contributed by atoms with Crippen molar-refractivity contribution < 1.29 is 38.6 Å². The Morgan fingerprint density at radius 2 is 1.69 bits per heavy atom. The van der Waals surface area contributed by atoms with Gasteiger partial charge in [-0.15, -0.1) is 0 Å². The minimum atomic E-state index is -1.58. The van der Waals surface area contributed by atoms with Gasteiger partial charge in [0.15, 0.2) is 5.78 Å². The van der Waals surface area contributed by atoms with E-state index in [9.17, 15) is 33.5 Å². The number of hydrogen-bond acceptors (Lipinski definition) is 5. The summed E-state index contributed by atoms with van der Waals surface area (Å²) < 4.78 is 14.1. The Balaban J connectivity index is 2.30. The number of carbonyl (C=O) groups excluding carboxylic acids is 3. The number of hydrogen-bond donors (Lipinski definition) is 4. The number of para-hydroxylation sites is 1. The maximum atomic E-state index is 13.0. The molecule has 0 radical (unpaired) electrons. The molecule has 1 heterocycles. The van der Waals surface area contributed by atoms with E-state index in [0.717, 1.165) is 0 Å². The Labute approximate surface area is 182 Å². The van der Waals surface area contributed by atoms with Gasteiger partial charge < -0.3 is 25.4 Å². The molecule has 0 spiro atoms. The summed E-state index contributed by atoms with van der Waals surface area (Å²) in [5.41, 5.74) is 0.523. The van der Waals surface area contributed by atoms with E-state index in [2.05, 4.69) is 10.6 Å². The quantitative estimate of drug-likeness (QED) is 0.399. The number of alkyl halides is 1. The summed E-state index contributed by atoms with van der Waals surface area (Å²) in [6, 6.07) is 5.49. The first-order valence-electron chi connectivity index (χ1n) is 9.76. The minimum absolute atomic E-state index is 0.00831. The Bertz CT molecular complexity index is 1050. The Morgan fingerprint density at radius 1 is 1.03 bits per heavy atom.